The zero-order chi connectivity index (χ0) is 25.5. The summed E-state index contributed by atoms with van der Waals surface area (Å²) in [4.78, 5) is 40.6. The molecule has 3 amide bonds. The molecule has 0 spiro atoms. The standard InChI is InChI=1S/C27H27N3O6/c1-3-35-24-11-7-5-9-21(24)28-25(31)16-23-27(33)29-20-8-4-6-10-22(20)30(23)26(32)17-36-19-14-12-18(34-2)13-15-19/h4-15,23H,3,16-17H2,1-2H3,(H,28,31)(H,29,33)/t23-/m1/s1. The van der Waals surface area contributed by atoms with E-state index in [9.17, 15) is 14.4 Å². The van der Waals surface area contributed by atoms with Gasteiger partial charge in [0.05, 0.1) is 37.2 Å². The van der Waals surface area contributed by atoms with Gasteiger partial charge in [0.2, 0.25) is 11.8 Å². The van der Waals surface area contributed by atoms with E-state index in [4.69, 9.17) is 14.2 Å². The summed E-state index contributed by atoms with van der Waals surface area (Å²) in [7, 11) is 1.56. The first-order chi connectivity index (χ1) is 17.5. The molecule has 0 aromatic heterocycles. The molecule has 9 heteroatoms. The molecule has 1 heterocycles. The van der Waals surface area contributed by atoms with E-state index in [-0.39, 0.29) is 13.0 Å². The average Bonchev–Trinajstić information content (AvgIpc) is 2.89. The maximum absolute atomic E-state index is 13.3. The van der Waals surface area contributed by atoms with Crippen molar-refractivity contribution in [3.05, 3.63) is 72.8 Å². The fourth-order valence-corrected chi connectivity index (χ4v) is 3.90. The maximum Gasteiger partial charge on any atom is 0.265 e. The minimum absolute atomic E-state index is 0.255. The summed E-state index contributed by atoms with van der Waals surface area (Å²) in [5.74, 6) is 0.302. The number of carbonyl (C=O) groups is 3. The number of nitrogens with zero attached hydrogens (tertiary/aromatic N) is 1. The van der Waals surface area contributed by atoms with Crippen LogP contribution in [0.2, 0.25) is 0 Å². The second-order valence-corrected chi connectivity index (χ2v) is 7.93. The van der Waals surface area contributed by atoms with Crippen molar-refractivity contribution in [2.24, 2.45) is 0 Å². The van der Waals surface area contributed by atoms with E-state index in [1.165, 1.54) is 4.90 Å². The van der Waals surface area contributed by atoms with E-state index in [0.29, 0.717) is 40.9 Å². The number of carbonyl (C=O) groups excluding carboxylic acids is 3. The molecule has 3 aromatic carbocycles. The molecule has 0 aliphatic carbocycles. The normalized spacial score (nSPS) is 14.3. The van der Waals surface area contributed by atoms with Crippen molar-refractivity contribution in [3.63, 3.8) is 0 Å². The molecule has 1 aliphatic heterocycles. The van der Waals surface area contributed by atoms with Crippen LogP contribution in [-0.2, 0) is 14.4 Å². The number of rotatable bonds is 9. The van der Waals surface area contributed by atoms with Crippen molar-refractivity contribution in [2.45, 2.75) is 19.4 Å². The van der Waals surface area contributed by atoms with Gasteiger partial charge < -0.3 is 24.8 Å². The molecule has 0 saturated carbocycles. The molecule has 3 aromatic rings. The van der Waals surface area contributed by atoms with Gasteiger partial charge in [0.15, 0.2) is 6.61 Å². The highest BCUT2D eigenvalue weighted by atomic mass is 16.5. The van der Waals surface area contributed by atoms with E-state index < -0.39 is 23.8 Å². The largest absolute Gasteiger partial charge is 0.497 e. The predicted octanol–water partition coefficient (Wildman–Crippen LogP) is 3.86. The summed E-state index contributed by atoms with van der Waals surface area (Å²) in [6, 6.07) is 19.7. The number of ether oxygens (including phenoxy) is 3. The molecule has 0 fully saturated rings. The van der Waals surface area contributed by atoms with Crippen molar-refractivity contribution in [3.8, 4) is 17.2 Å². The molecule has 9 nitrogen and oxygen atoms in total. The van der Waals surface area contributed by atoms with Gasteiger partial charge >= 0.3 is 0 Å². The van der Waals surface area contributed by atoms with E-state index >= 15 is 0 Å². The molecular formula is C27H27N3O6. The van der Waals surface area contributed by atoms with Crippen molar-refractivity contribution in [2.75, 3.05) is 35.9 Å². The van der Waals surface area contributed by atoms with Gasteiger partial charge in [-0.25, -0.2) is 0 Å². The second-order valence-electron chi connectivity index (χ2n) is 7.93. The first kappa shape index (κ1) is 24.6. The summed E-state index contributed by atoms with van der Waals surface area (Å²) in [6.45, 7) is 1.96. The molecule has 0 bridgehead atoms. The van der Waals surface area contributed by atoms with Crippen LogP contribution in [0.15, 0.2) is 72.8 Å². The Kier molecular flexibility index (Phi) is 7.69. The monoisotopic (exact) mass is 489 g/mol. The molecule has 1 atom stereocenters. The highest BCUT2D eigenvalue weighted by Gasteiger charge is 2.38. The molecule has 0 saturated heterocycles. The predicted molar refractivity (Wildman–Crippen MR) is 136 cm³/mol. The molecule has 0 unspecified atom stereocenters. The van der Waals surface area contributed by atoms with E-state index in [1.54, 1.807) is 79.9 Å². The topological polar surface area (TPSA) is 106 Å². The zero-order valence-corrected chi connectivity index (χ0v) is 20.0. The maximum atomic E-state index is 13.3. The lowest BCUT2D eigenvalue weighted by molar-refractivity contribution is -0.127. The highest BCUT2D eigenvalue weighted by molar-refractivity contribution is 6.14. The summed E-state index contributed by atoms with van der Waals surface area (Å²) in [5.41, 5.74) is 1.47. The first-order valence-electron chi connectivity index (χ1n) is 11.5. The number of hydrogen-bond donors (Lipinski definition) is 2. The van der Waals surface area contributed by atoms with Gasteiger partial charge in [-0.05, 0) is 55.5 Å². The minimum Gasteiger partial charge on any atom is -0.497 e. The zero-order valence-electron chi connectivity index (χ0n) is 20.0. The van der Waals surface area contributed by atoms with Gasteiger partial charge in [0.25, 0.3) is 5.91 Å². The summed E-state index contributed by atoms with van der Waals surface area (Å²) >= 11 is 0. The van der Waals surface area contributed by atoms with Gasteiger partial charge in [-0.2, -0.15) is 0 Å². The quantitative estimate of drug-likeness (QED) is 0.473. The summed E-state index contributed by atoms with van der Waals surface area (Å²) in [5, 5.41) is 5.58. The minimum atomic E-state index is -1.06. The third kappa shape index (κ3) is 5.57. The number of hydrogen-bond acceptors (Lipinski definition) is 6. The first-order valence-corrected chi connectivity index (χ1v) is 11.5. The molecule has 36 heavy (non-hydrogen) atoms. The Balaban J connectivity index is 1.53. The van der Waals surface area contributed by atoms with Crippen LogP contribution < -0.4 is 29.7 Å². The lowest BCUT2D eigenvalue weighted by atomic mass is 10.0. The van der Waals surface area contributed by atoms with Crippen molar-refractivity contribution in [1.82, 2.24) is 0 Å². The smallest absolute Gasteiger partial charge is 0.265 e. The Morgan fingerprint density at radius 1 is 0.944 bits per heavy atom. The van der Waals surface area contributed by atoms with E-state index in [0.717, 1.165) is 0 Å². The number of amides is 3. The summed E-state index contributed by atoms with van der Waals surface area (Å²) in [6.07, 6.45) is -0.255. The van der Waals surface area contributed by atoms with Crippen LogP contribution in [0.1, 0.15) is 13.3 Å². The third-order valence-corrected chi connectivity index (χ3v) is 5.57. The lowest BCUT2D eigenvalue weighted by Gasteiger charge is -2.36. The lowest BCUT2D eigenvalue weighted by Crippen LogP contribution is -2.53. The van der Waals surface area contributed by atoms with Gasteiger partial charge in [-0.3, -0.25) is 19.3 Å². The summed E-state index contributed by atoms with van der Waals surface area (Å²) < 4.78 is 16.4. The van der Waals surface area contributed by atoms with Crippen LogP contribution in [0.5, 0.6) is 17.2 Å². The number of anilines is 3. The van der Waals surface area contributed by atoms with Gasteiger partial charge in [-0.15, -0.1) is 0 Å². The van der Waals surface area contributed by atoms with E-state index in [1.807, 2.05) is 6.92 Å². The second kappa shape index (κ2) is 11.3. The van der Waals surface area contributed by atoms with Crippen molar-refractivity contribution >= 4 is 34.8 Å². The van der Waals surface area contributed by atoms with Gasteiger partial charge in [0, 0.05) is 0 Å². The molecule has 186 valence electrons. The fourth-order valence-electron chi connectivity index (χ4n) is 3.90. The van der Waals surface area contributed by atoms with Crippen molar-refractivity contribution in [1.29, 1.82) is 0 Å². The SMILES string of the molecule is CCOc1ccccc1NC(=O)C[C@@H]1C(=O)Nc2ccccc2N1C(=O)COc1ccc(OC)cc1. The average molecular weight is 490 g/mol. The molecule has 4 rings (SSSR count). The van der Waals surface area contributed by atoms with Crippen LogP contribution >= 0.6 is 0 Å². The van der Waals surface area contributed by atoms with Crippen LogP contribution in [0, 0.1) is 0 Å². The van der Waals surface area contributed by atoms with Crippen LogP contribution in [0.4, 0.5) is 17.1 Å². The molecule has 1 aliphatic rings. The molecular weight excluding hydrogens is 462 g/mol. The number of para-hydroxylation sites is 4. The van der Waals surface area contributed by atoms with Crippen LogP contribution in [0.25, 0.3) is 0 Å². The van der Waals surface area contributed by atoms with Crippen LogP contribution in [0.3, 0.4) is 0 Å². The molecule has 2 N–H and O–H groups in total. The number of benzene rings is 3. The number of fused-ring (bicyclic) bond motifs is 1. The molecule has 0 radical (unpaired) electrons. The number of nitrogens with one attached hydrogen (secondary N) is 2. The number of methoxy groups -OCH3 is 1. The van der Waals surface area contributed by atoms with E-state index in [2.05, 4.69) is 10.6 Å². The Hall–Kier alpha value is -4.53. The Morgan fingerprint density at radius 2 is 1.64 bits per heavy atom. The Bertz CT molecular complexity index is 1240. The van der Waals surface area contributed by atoms with Crippen molar-refractivity contribution < 1.29 is 28.6 Å². The fraction of sp³-hybridized carbons (Fsp3) is 0.222. The van der Waals surface area contributed by atoms with Gasteiger partial charge in [-0.1, -0.05) is 24.3 Å². The van der Waals surface area contributed by atoms with Crippen LogP contribution in [-0.4, -0.2) is 44.1 Å². The highest BCUT2D eigenvalue weighted by Crippen LogP contribution is 2.33. The Labute approximate surface area is 209 Å². The third-order valence-electron chi connectivity index (χ3n) is 5.57. The van der Waals surface area contributed by atoms with Gasteiger partial charge in [0.1, 0.15) is 23.3 Å². The Morgan fingerprint density at radius 3 is 2.39 bits per heavy atom.